The van der Waals surface area contributed by atoms with Crippen molar-refractivity contribution in [1.29, 1.82) is 5.26 Å². The van der Waals surface area contributed by atoms with E-state index in [9.17, 15) is 0 Å². The molecule has 0 atom stereocenters. The number of ether oxygens (including phenoxy) is 1. The number of hydrogen-bond acceptors (Lipinski definition) is 6. The van der Waals surface area contributed by atoms with Crippen LogP contribution in [0.1, 0.15) is 21.0 Å². The molecule has 0 aliphatic rings. The predicted molar refractivity (Wildman–Crippen MR) is 97.8 cm³/mol. The monoisotopic (exact) mass is 355 g/mol. The fourth-order valence-corrected chi connectivity index (χ4v) is 3.83. The maximum Gasteiger partial charge on any atom is 0.123 e. The summed E-state index contributed by atoms with van der Waals surface area (Å²) in [6, 6.07) is 13.8. The fourth-order valence-electron chi connectivity index (χ4n) is 2.17. The molecule has 0 bridgehead atoms. The SMILES string of the molecule is Cc1ccc(COCNCc2csc(-c3ccc(C#N)cc3)n2)s1. The highest BCUT2D eigenvalue weighted by atomic mass is 32.1. The van der Waals surface area contributed by atoms with Crippen LogP contribution < -0.4 is 5.32 Å². The minimum Gasteiger partial charge on any atom is -0.361 e. The first-order chi connectivity index (χ1) is 11.7. The summed E-state index contributed by atoms with van der Waals surface area (Å²) in [5, 5.41) is 15.1. The molecule has 6 heteroatoms. The van der Waals surface area contributed by atoms with Gasteiger partial charge in [0.2, 0.25) is 0 Å². The van der Waals surface area contributed by atoms with Crippen molar-refractivity contribution in [1.82, 2.24) is 10.3 Å². The molecule has 0 spiro atoms. The highest BCUT2D eigenvalue weighted by Crippen LogP contribution is 2.24. The number of hydrogen-bond donors (Lipinski definition) is 1. The van der Waals surface area contributed by atoms with Gasteiger partial charge in [-0.1, -0.05) is 12.1 Å². The maximum atomic E-state index is 8.84. The Balaban J connectivity index is 1.45. The highest BCUT2D eigenvalue weighted by molar-refractivity contribution is 7.13. The van der Waals surface area contributed by atoms with Crippen molar-refractivity contribution >= 4 is 22.7 Å². The smallest absolute Gasteiger partial charge is 0.123 e. The van der Waals surface area contributed by atoms with Crippen LogP contribution in [-0.2, 0) is 17.9 Å². The molecule has 0 aliphatic carbocycles. The minimum absolute atomic E-state index is 0.501. The van der Waals surface area contributed by atoms with E-state index in [1.165, 1.54) is 9.75 Å². The lowest BCUT2D eigenvalue weighted by Gasteiger charge is -2.03. The van der Waals surface area contributed by atoms with Gasteiger partial charge in [0.15, 0.2) is 0 Å². The molecular weight excluding hydrogens is 338 g/mol. The van der Waals surface area contributed by atoms with Crippen molar-refractivity contribution in [3.8, 4) is 16.6 Å². The maximum absolute atomic E-state index is 8.84. The lowest BCUT2D eigenvalue weighted by atomic mass is 10.1. The first kappa shape index (κ1) is 16.8. The van der Waals surface area contributed by atoms with E-state index < -0.39 is 0 Å². The molecule has 3 aromatic rings. The molecule has 1 aromatic carbocycles. The van der Waals surface area contributed by atoms with Crippen LogP contribution in [0.4, 0.5) is 0 Å². The lowest BCUT2D eigenvalue weighted by Crippen LogP contribution is -2.17. The molecule has 3 rings (SSSR count). The quantitative estimate of drug-likeness (QED) is 0.507. The van der Waals surface area contributed by atoms with Crippen LogP contribution in [-0.4, -0.2) is 11.7 Å². The normalized spacial score (nSPS) is 10.7. The molecule has 0 fully saturated rings. The van der Waals surface area contributed by atoms with Gasteiger partial charge in [-0.25, -0.2) is 4.98 Å². The van der Waals surface area contributed by atoms with Crippen LogP contribution in [0.5, 0.6) is 0 Å². The zero-order valence-corrected chi connectivity index (χ0v) is 14.9. The van der Waals surface area contributed by atoms with Crippen molar-refractivity contribution in [2.75, 3.05) is 6.73 Å². The zero-order chi connectivity index (χ0) is 16.8. The number of nitrogens with one attached hydrogen (secondary N) is 1. The summed E-state index contributed by atoms with van der Waals surface area (Å²) in [4.78, 5) is 7.16. The summed E-state index contributed by atoms with van der Waals surface area (Å²) in [5.41, 5.74) is 2.69. The predicted octanol–water partition coefficient (Wildman–Crippen LogP) is 4.32. The third-order valence-corrected chi connectivity index (χ3v) is 5.28. The molecule has 0 unspecified atom stereocenters. The molecule has 0 saturated carbocycles. The minimum atomic E-state index is 0.501. The lowest BCUT2D eigenvalue weighted by molar-refractivity contribution is 0.104. The number of nitrogens with zero attached hydrogens (tertiary/aromatic N) is 2. The Morgan fingerprint density at radius 3 is 2.75 bits per heavy atom. The second-order valence-electron chi connectivity index (χ2n) is 5.27. The second kappa shape index (κ2) is 8.18. The van der Waals surface area contributed by atoms with Gasteiger partial charge in [-0.15, -0.1) is 22.7 Å². The van der Waals surface area contributed by atoms with Crippen LogP contribution in [0.15, 0.2) is 41.8 Å². The Labute approximate surface area is 149 Å². The topological polar surface area (TPSA) is 57.9 Å². The summed E-state index contributed by atoms with van der Waals surface area (Å²) in [5.74, 6) is 0. The Morgan fingerprint density at radius 1 is 1.21 bits per heavy atom. The number of rotatable bonds is 7. The van der Waals surface area contributed by atoms with Crippen molar-refractivity contribution in [2.24, 2.45) is 0 Å². The second-order valence-corrected chi connectivity index (χ2v) is 7.50. The van der Waals surface area contributed by atoms with E-state index in [1.54, 1.807) is 22.7 Å². The van der Waals surface area contributed by atoms with Gasteiger partial charge in [0, 0.05) is 27.2 Å². The molecule has 2 aromatic heterocycles. The van der Waals surface area contributed by atoms with Gasteiger partial charge in [0.05, 0.1) is 30.7 Å². The molecule has 0 radical (unpaired) electrons. The van der Waals surface area contributed by atoms with Crippen molar-refractivity contribution in [3.63, 3.8) is 0 Å². The van der Waals surface area contributed by atoms with Gasteiger partial charge in [-0.05, 0) is 31.2 Å². The molecule has 2 heterocycles. The Bertz CT molecular complexity index is 831. The van der Waals surface area contributed by atoms with Crippen molar-refractivity contribution in [3.05, 3.63) is 62.8 Å². The Kier molecular flexibility index (Phi) is 5.72. The molecule has 0 saturated heterocycles. The average Bonchev–Trinajstić information content (AvgIpc) is 3.24. The van der Waals surface area contributed by atoms with Gasteiger partial charge < -0.3 is 4.74 Å². The zero-order valence-electron chi connectivity index (χ0n) is 13.3. The van der Waals surface area contributed by atoms with Crippen molar-refractivity contribution < 1.29 is 4.74 Å². The van der Waals surface area contributed by atoms with Gasteiger partial charge in [0.1, 0.15) is 5.01 Å². The molecule has 24 heavy (non-hydrogen) atoms. The van der Waals surface area contributed by atoms with Gasteiger partial charge in [0.25, 0.3) is 0 Å². The fraction of sp³-hybridized carbons (Fsp3) is 0.222. The van der Waals surface area contributed by atoms with E-state index in [4.69, 9.17) is 10.00 Å². The summed E-state index contributed by atoms with van der Waals surface area (Å²) >= 11 is 3.37. The molecule has 1 N–H and O–H groups in total. The summed E-state index contributed by atoms with van der Waals surface area (Å²) < 4.78 is 5.62. The van der Waals surface area contributed by atoms with E-state index in [2.05, 4.69) is 35.4 Å². The average molecular weight is 355 g/mol. The number of thiophene rings is 1. The first-order valence-electron chi connectivity index (χ1n) is 7.53. The summed E-state index contributed by atoms with van der Waals surface area (Å²) in [7, 11) is 0. The number of aromatic nitrogens is 1. The molecular formula is C18H17N3OS2. The van der Waals surface area contributed by atoms with Crippen LogP contribution in [0, 0.1) is 18.3 Å². The number of benzene rings is 1. The standard InChI is InChI=1S/C18H17N3OS2/c1-13-2-7-17(24-13)10-22-12-20-9-16-11-23-18(21-16)15-5-3-14(8-19)4-6-15/h2-7,11,20H,9-10,12H2,1H3. The third kappa shape index (κ3) is 4.49. The molecule has 122 valence electrons. The van der Waals surface area contributed by atoms with Crippen LogP contribution in [0.3, 0.4) is 0 Å². The largest absolute Gasteiger partial charge is 0.361 e. The van der Waals surface area contributed by atoms with E-state index >= 15 is 0 Å². The molecule has 4 nitrogen and oxygen atoms in total. The summed E-state index contributed by atoms with van der Waals surface area (Å²) in [6.45, 7) is 3.91. The Morgan fingerprint density at radius 2 is 2.04 bits per heavy atom. The van der Waals surface area contributed by atoms with Crippen LogP contribution >= 0.6 is 22.7 Å². The highest BCUT2D eigenvalue weighted by Gasteiger charge is 2.05. The van der Waals surface area contributed by atoms with Crippen LogP contribution in [0.2, 0.25) is 0 Å². The number of nitriles is 1. The number of thiazole rings is 1. The van der Waals surface area contributed by atoms with Gasteiger partial charge >= 0.3 is 0 Å². The summed E-state index contributed by atoms with van der Waals surface area (Å²) in [6.07, 6.45) is 0. The molecule has 0 aliphatic heterocycles. The van der Waals surface area contributed by atoms with E-state index in [0.717, 1.165) is 16.3 Å². The van der Waals surface area contributed by atoms with Crippen molar-refractivity contribution in [2.45, 2.75) is 20.1 Å². The van der Waals surface area contributed by atoms with E-state index in [0.29, 0.717) is 25.4 Å². The van der Waals surface area contributed by atoms with Gasteiger partial charge in [-0.2, -0.15) is 5.26 Å². The van der Waals surface area contributed by atoms with E-state index in [-0.39, 0.29) is 0 Å². The van der Waals surface area contributed by atoms with Gasteiger partial charge in [-0.3, -0.25) is 5.32 Å². The molecule has 0 amide bonds. The van der Waals surface area contributed by atoms with E-state index in [1.807, 2.05) is 29.6 Å². The Hall–Kier alpha value is -2.04. The third-order valence-electron chi connectivity index (χ3n) is 3.36. The van der Waals surface area contributed by atoms with Crippen LogP contribution in [0.25, 0.3) is 10.6 Å². The number of aryl methyl sites for hydroxylation is 1. The first-order valence-corrected chi connectivity index (χ1v) is 9.23.